The zero-order valence-electron chi connectivity index (χ0n) is 12.7. The van der Waals surface area contributed by atoms with Gasteiger partial charge in [0.1, 0.15) is 5.75 Å². The second kappa shape index (κ2) is 6.55. The van der Waals surface area contributed by atoms with Crippen molar-refractivity contribution in [1.29, 1.82) is 0 Å². The van der Waals surface area contributed by atoms with Crippen LogP contribution in [-0.2, 0) is 4.79 Å². The van der Waals surface area contributed by atoms with Crippen molar-refractivity contribution in [3.8, 4) is 5.75 Å². The van der Waals surface area contributed by atoms with Gasteiger partial charge in [0.15, 0.2) is 0 Å². The normalized spacial score (nSPS) is 12.0. The standard InChI is InChI=1S/C18H20O2Si/c1-21(2,3)14-17(15-10-6-4-7-11-15)18(19)20-16-12-8-5-9-13-16/h4-14H,1-3H3/b17-14+. The number of rotatable bonds is 4. The fourth-order valence-electron chi connectivity index (χ4n) is 1.96. The zero-order valence-corrected chi connectivity index (χ0v) is 13.7. The van der Waals surface area contributed by atoms with Crippen LogP contribution < -0.4 is 4.74 Å². The molecule has 0 spiro atoms. The maximum atomic E-state index is 12.5. The van der Waals surface area contributed by atoms with Gasteiger partial charge in [0.2, 0.25) is 0 Å². The van der Waals surface area contributed by atoms with Crippen molar-refractivity contribution in [1.82, 2.24) is 0 Å². The molecule has 2 aromatic rings. The minimum Gasteiger partial charge on any atom is -0.423 e. The summed E-state index contributed by atoms with van der Waals surface area (Å²) in [7, 11) is -1.55. The van der Waals surface area contributed by atoms with E-state index in [1.165, 1.54) is 0 Å². The van der Waals surface area contributed by atoms with E-state index in [0.717, 1.165) is 5.56 Å². The van der Waals surface area contributed by atoms with E-state index in [-0.39, 0.29) is 5.97 Å². The maximum Gasteiger partial charge on any atom is 0.343 e. The van der Waals surface area contributed by atoms with Gasteiger partial charge in [-0.05, 0) is 17.7 Å². The summed E-state index contributed by atoms with van der Waals surface area (Å²) in [6.07, 6.45) is 0. The van der Waals surface area contributed by atoms with Gasteiger partial charge in [-0.3, -0.25) is 0 Å². The Kier molecular flexibility index (Phi) is 4.76. The molecule has 3 heteroatoms. The molecule has 0 heterocycles. The molecule has 0 atom stereocenters. The lowest BCUT2D eigenvalue weighted by Crippen LogP contribution is -2.20. The van der Waals surface area contributed by atoms with Crippen LogP contribution in [0.1, 0.15) is 5.56 Å². The molecule has 0 amide bonds. The van der Waals surface area contributed by atoms with Crippen LogP contribution in [0.4, 0.5) is 0 Å². The van der Waals surface area contributed by atoms with E-state index in [1.807, 2.05) is 48.5 Å². The molecule has 0 bridgehead atoms. The predicted octanol–water partition coefficient (Wildman–Crippen LogP) is 4.55. The van der Waals surface area contributed by atoms with Crippen LogP contribution in [0.15, 0.2) is 66.4 Å². The molecular formula is C18H20O2Si. The summed E-state index contributed by atoms with van der Waals surface area (Å²) in [5.74, 6) is 0.273. The summed E-state index contributed by atoms with van der Waals surface area (Å²) in [5, 5.41) is 0. The molecule has 2 rings (SSSR count). The molecule has 2 aromatic carbocycles. The highest BCUT2D eigenvalue weighted by Crippen LogP contribution is 2.21. The van der Waals surface area contributed by atoms with Crippen LogP contribution in [0, 0.1) is 0 Å². The van der Waals surface area contributed by atoms with Gasteiger partial charge >= 0.3 is 5.97 Å². The Bertz CT molecular complexity index is 625. The number of carbonyl (C=O) groups excluding carboxylic acids is 1. The van der Waals surface area contributed by atoms with E-state index in [4.69, 9.17) is 4.74 Å². The minimum atomic E-state index is -1.55. The molecule has 0 aromatic heterocycles. The summed E-state index contributed by atoms with van der Waals surface area (Å²) in [6.45, 7) is 6.60. The van der Waals surface area contributed by atoms with Gasteiger partial charge in [-0.15, -0.1) is 0 Å². The van der Waals surface area contributed by atoms with Crippen LogP contribution in [0.25, 0.3) is 5.57 Å². The second-order valence-corrected chi connectivity index (χ2v) is 11.0. The quantitative estimate of drug-likeness (QED) is 0.358. The molecule has 0 N–H and O–H groups in total. The Balaban J connectivity index is 2.32. The summed E-state index contributed by atoms with van der Waals surface area (Å²) in [4.78, 5) is 12.5. The van der Waals surface area contributed by atoms with Crippen molar-refractivity contribution in [2.75, 3.05) is 0 Å². The highest BCUT2D eigenvalue weighted by molar-refractivity contribution is 6.82. The van der Waals surface area contributed by atoms with E-state index in [2.05, 4.69) is 25.3 Å². The van der Waals surface area contributed by atoms with Crippen LogP contribution in [0.5, 0.6) is 5.75 Å². The molecule has 108 valence electrons. The first-order valence-electron chi connectivity index (χ1n) is 7.01. The van der Waals surface area contributed by atoms with Crippen molar-refractivity contribution in [2.45, 2.75) is 19.6 Å². The largest absolute Gasteiger partial charge is 0.423 e. The van der Waals surface area contributed by atoms with Crippen LogP contribution >= 0.6 is 0 Å². The van der Waals surface area contributed by atoms with Gasteiger partial charge in [0, 0.05) is 0 Å². The smallest absolute Gasteiger partial charge is 0.343 e. The Morgan fingerprint density at radius 2 is 1.43 bits per heavy atom. The Morgan fingerprint density at radius 3 is 1.95 bits per heavy atom. The monoisotopic (exact) mass is 296 g/mol. The maximum absolute atomic E-state index is 12.5. The van der Waals surface area contributed by atoms with E-state index in [1.54, 1.807) is 12.1 Å². The number of hydrogen-bond acceptors (Lipinski definition) is 2. The van der Waals surface area contributed by atoms with E-state index in [9.17, 15) is 4.79 Å². The third kappa shape index (κ3) is 4.72. The van der Waals surface area contributed by atoms with Crippen molar-refractivity contribution < 1.29 is 9.53 Å². The molecule has 0 aliphatic carbocycles. The molecule has 0 saturated heterocycles. The number of carbonyl (C=O) groups is 1. The summed E-state index contributed by atoms with van der Waals surface area (Å²) in [5.41, 5.74) is 3.65. The van der Waals surface area contributed by atoms with Crippen LogP contribution in [0.2, 0.25) is 19.6 Å². The number of ether oxygens (including phenoxy) is 1. The molecular weight excluding hydrogens is 276 g/mol. The fourth-order valence-corrected chi connectivity index (χ4v) is 3.11. The van der Waals surface area contributed by atoms with Crippen LogP contribution in [0.3, 0.4) is 0 Å². The zero-order chi connectivity index (χ0) is 15.3. The Hall–Kier alpha value is -2.13. The highest BCUT2D eigenvalue weighted by atomic mass is 28.3. The summed E-state index contributed by atoms with van der Waals surface area (Å²) in [6, 6.07) is 18.9. The number of para-hydroxylation sites is 1. The highest BCUT2D eigenvalue weighted by Gasteiger charge is 2.19. The number of benzene rings is 2. The SMILES string of the molecule is C[Si](C)(C)/C=C(/C(=O)Oc1ccccc1)c1ccccc1. The molecule has 0 aliphatic heterocycles. The van der Waals surface area contributed by atoms with Crippen molar-refractivity contribution in [3.63, 3.8) is 0 Å². The van der Waals surface area contributed by atoms with Gasteiger partial charge in [-0.2, -0.15) is 0 Å². The number of hydrogen-bond donors (Lipinski definition) is 0. The Labute approximate surface area is 127 Å². The predicted molar refractivity (Wildman–Crippen MR) is 89.8 cm³/mol. The molecule has 0 radical (unpaired) electrons. The van der Waals surface area contributed by atoms with E-state index >= 15 is 0 Å². The third-order valence-corrected chi connectivity index (χ3v) is 3.99. The molecule has 0 aliphatic rings. The van der Waals surface area contributed by atoms with Gasteiger partial charge in [0.05, 0.1) is 13.6 Å². The van der Waals surface area contributed by atoms with E-state index in [0.29, 0.717) is 11.3 Å². The summed E-state index contributed by atoms with van der Waals surface area (Å²) < 4.78 is 5.49. The average molecular weight is 296 g/mol. The lowest BCUT2D eigenvalue weighted by Gasteiger charge is -2.14. The topological polar surface area (TPSA) is 26.3 Å². The van der Waals surface area contributed by atoms with Crippen LogP contribution in [-0.4, -0.2) is 14.0 Å². The summed E-state index contributed by atoms with van der Waals surface area (Å²) >= 11 is 0. The molecule has 0 saturated carbocycles. The lowest BCUT2D eigenvalue weighted by molar-refractivity contribution is -0.127. The van der Waals surface area contributed by atoms with Gasteiger partial charge in [0.25, 0.3) is 0 Å². The van der Waals surface area contributed by atoms with Gasteiger partial charge in [-0.25, -0.2) is 4.79 Å². The van der Waals surface area contributed by atoms with Gasteiger partial charge < -0.3 is 4.74 Å². The molecule has 2 nitrogen and oxygen atoms in total. The van der Waals surface area contributed by atoms with Crippen molar-refractivity contribution >= 4 is 19.6 Å². The fraction of sp³-hybridized carbons (Fsp3) is 0.167. The van der Waals surface area contributed by atoms with Crippen molar-refractivity contribution in [2.24, 2.45) is 0 Å². The van der Waals surface area contributed by atoms with Gasteiger partial charge in [-0.1, -0.05) is 73.9 Å². The first kappa shape index (κ1) is 15.3. The first-order chi connectivity index (χ1) is 9.96. The average Bonchev–Trinajstić information content (AvgIpc) is 2.46. The lowest BCUT2D eigenvalue weighted by atomic mass is 10.1. The second-order valence-electron chi connectivity index (χ2n) is 5.99. The molecule has 0 fully saturated rings. The first-order valence-corrected chi connectivity index (χ1v) is 10.6. The minimum absolute atomic E-state index is 0.296. The molecule has 0 unspecified atom stereocenters. The molecule has 21 heavy (non-hydrogen) atoms. The van der Waals surface area contributed by atoms with E-state index < -0.39 is 8.07 Å². The van der Waals surface area contributed by atoms with Crippen molar-refractivity contribution in [3.05, 3.63) is 71.9 Å². The third-order valence-electron chi connectivity index (χ3n) is 2.84. The Morgan fingerprint density at radius 1 is 0.905 bits per heavy atom. The number of esters is 1.